The number of benzene rings is 2. The van der Waals surface area contributed by atoms with Crippen LogP contribution in [0, 0.1) is 6.92 Å². The lowest BCUT2D eigenvalue weighted by atomic mass is 9.94. The first-order valence-electron chi connectivity index (χ1n) is 11.5. The first-order chi connectivity index (χ1) is 15.5. The Labute approximate surface area is 194 Å². The van der Waals surface area contributed by atoms with Gasteiger partial charge < -0.3 is 19.9 Å². The van der Waals surface area contributed by atoms with Crippen molar-refractivity contribution in [1.82, 2.24) is 9.88 Å². The van der Waals surface area contributed by atoms with Gasteiger partial charge in [-0.1, -0.05) is 31.4 Å². The van der Waals surface area contributed by atoms with Crippen LogP contribution in [0.2, 0.25) is 0 Å². The minimum Gasteiger partial charge on any atom is -0.494 e. The van der Waals surface area contributed by atoms with E-state index in [-0.39, 0.29) is 5.56 Å². The highest BCUT2D eigenvalue weighted by Crippen LogP contribution is 2.26. The molecule has 0 aliphatic heterocycles. The fourth-order valence-electron chi connectivity index (χ4n) is 4.42. The fourth-order valence-corrected chi connectivity index (χ4v) is 4.75. The average molecular weight is 450 g/mol. The molecule has 168 valence electrons. The van der Waals surface area contributed by atoms with Gasteiger partial charge in [-0.15, -0.1) is 0 Å². The molecule has 1 aliphatic carbocycles. The molecule has 4 rings (SSSR count). The van der Waals surface area contributed by atoms with Crippen LogP contribution in [-0.2, 0) is 6.54 Å². The molecular weight excluding hydrogens is 418 g/mol. The largest absolute Gasteiger partial charge is 0.494 e. The van der Waals surface area contributed by atoms with E-state index in [1.54, 1.807) is 0 Å². The van der Waals surface area contributed by atoms with Gasteiger partial charge in [-0.05, 0) is 86.3 Å². The van der Waals surface area contributed by atoms with Crippen molar-refractivity contribution < 1.29 is 4.74 Å². The zero-order valence-electron chi connectivity index (χ0n) is 18.8. The summed E-state index contributed by atoms with van der Waals surface area (Å²) in [5.74, 6) is 0.839. The topological polar surface area (TPSA) is 57.4 Å². The Morgan fingerprint density at radius 2 is 1.88 bits per heavy atom. The molecule has 2 N–H and O–H groups in total. The SMILES string of the molecule is CCOc1ccc(NC(=S)N(Cc2cc3ccc(C)cc3[nH]c2=O)C2CCCCC2)cc1. The number of fused-ring (bicyclic) bond motifs is 1. The third kappa shape index (κ3) is 5.30. The molecule has 0 bridgehead atoms. The number of aromatic nitrogens is 1. The zero-order valence-corrected chi connectivity index (χ0v) is 19.6. The average Bonchev–Trinajstić information content (AvgIpc) is 2.79. The van der Waals surface area contributed by atoms with E-state index in [4.69, 9.17) is 17.0 Å². The number of H-pyrrole nitrogens is 1. The summed E-state index contributed by atoms with van der Waals surface area (Å²) in [5, 5.41) is 5.08. The monoisotopic (exact) mass is 449 g/mol. The lowest BCUT2D eigenvalue weighted by molar-refractivity contribution is 0.240. The van der Waals surface area contributed by atoms with Gasteiger partial charge in [0.05, 0.1) is 13.2 Å². The molecule has 1 saturated carbocycles. The van der Waals surface area contributed by atoms with E-state index in [0.29, 0.717) is 24.3 Å². The van der Waals surface area contributed by atoms with E-state index >= 15 is 0 Å². The molecule has 0 radical (unpaired) electrons. The van der Waals surface area contributed by atoms with Gasteiger partial charge in [-0.3, -0.25) is 4.79 Å². The molecule has 0 unspecified atom stereocenters. The summed E-state index contributed by atoms with van der Waals surface area (Å²) in [6.07, 6.45) is 5.84. The molecule has 1 heterocycles. The van der Waals surface area contributed by atoms with E-state index in [9.17, 15) is 4.79 Å². The maximum atomic E-state index is 12.9. The molecule has 1 aromatic heterocycles. The molecular formula is C26H31N3O2S. The summed E-state index contributed by atoms with van der Waals surface area (Å²) >= 11 is 5.85. The van der Waals surface area contributed by atoms with Crippen LogP contribution in [-0.4, -0.2) is 27.6 Å². The second kappa shape index (κ2) is 10.2. The van der Waals surface area contributed by atoms with E-state index in [2.05, 4.69) is 27.3 Å². The first kappa shape index (κ1) is 22.3. The number of aromatic amines is 1. The summed E-state index contributed by atoms with van der Waals surface area (Å²) in [4.78, 5) is 18.1. The standard InChI is InChI=1S/C26H31N3O2S/c1-3-31-23-13-11-21(12-14-23)27-26(32)29(22-7-5-4-6-8-22)17-20-16-19-10-9-18(2)15-24(19)28-25(20)30/h9-16,22H,3-8,17H2,1-2H3,(H,27,32)(H,28,30). The number of nitrogens with one attached hydrogen (secondary N) is 2. The Morgan fingerprint density at radius 3 is 2.59 bits per heavy atom. The molecule has 0 atom stereocenters. The van der Waals surface area contributed by atoms with Crippen LogP contribution in [0.3, 0.4) is 0 Å². The Morgan fingerprint density at radius 1 is 1.12 bits per heavy atom. The van der Waals surface area contributed by atoms with Crippen molar-refractivity contribution in [2.75, 3.05) is 11.9 Å². The van der Waals surface area contributed by atoms with Gasteiger partial charge in [0, 0.05) is 22.8 Å². The minimum absolute atomic E-state index is 0.0484. The van der Waals surface area contributed by atoms with Gasteiger partial charge in [0.2, 0.25) is 0 Å². The van der Waals surface area contributed by atoms with Crippen molar-refractivity contribution in [3.8, 4) is 5.75 Å². The summed E-state index contributed by atoms with van der Waals surface area (Å²) in [5.41, 5.74) is 3.61. The third-order valence-electron chi connectivity index (χ3n) is 6.11. The van der Waals surface area contributed by atoms with Crippen molar-refractivity contribution in [2.45, 2.75) is 58.5 Å². The fraction of sp³-hybridized carbons (Fsp3) is 0.385. The molecule has 5 nitrogen and oxygen atoms in total. The molecule has 32 heavy (non-hydrogen) atoms. The molecule has 0 saturated heterocycles. The van der Waals surface area contributed by atoms with Crippen LogP contribution in [0.25, 0.3) is 10.9 Å². The van der Waals surface area contributed by atoms with Gasteiger partial charge in [0.25, 0.3) is 5.56 Å². The highest BCUT2D eigenvalue weighted by Gasteiger charge is 2.24. The minimum atomic E-state index is -0.0484. The highest BCUT2D eigenvalue weighted by atomic mass is 32.1. The van der Waals surface area contributed by atoms with Gasteiger partial charge >= 0.3 is 0 Å². The van der Waals surface area contributed by atoms with Crippen molar-refractivity contribution in [3.05, 3.63) is 70.0 Å². The molecule has 6 heteroatoms. The van der Waals surface area contributed by atoms with E-state index in [1.807, 2.05) is 50.2 Å². The summed E-state index contributed by atoms with van der Waals surface area (Å²) < 4.78 is 5.53. The van der Waals surface area contributed by atoms with Crippen LogP contribution in [0.4, 0.5) is 5.69 Å². The molecule has 1 fully saturated rings. The Balaban J connectivity index is 1.58. The second-order valence-electron chi connectivity index (χ2n) is 8.52. The first-order valence-corrected chi connectivity index (χ1v) is 11.9. The molecule has 0 spiro atoms. The van der Waals surface area contributed by atoms with Gasteiger partial charge in [0.15, 0.2) is 5.11 Å². The van der Waals surface area contributed by atoms with Gasteiger partial charge in [-0.25, -0.2) is 0 Å². The number of thiocarbonyl (C=S) groups is 1. The quantitative estimate of drug-likeness (QED) is 0.468. The molecule has 1 aliphatic rings. The van der Waals surface area contributed by atoms with E-state index in [1.165, 1.54) is 19.3 Å². The van der Waals surface area contributed by atoms with Crippen LogP contribution in [0.5, 0.6) is 5.75 Å². The van der Waals surface area contributed by atoms with Crippen molar-refractivity contribution >= 4 is 33.9 Å². The Bertz CT molecular complexity index is 1130. The number of rotatable bonds is 6. The predicted molar refractivity (Wildman–Crippen MR) is 136 cm³/mol. The Hall–Kier alpha value is -2.86. The summed E-state index contributed by atoms with van der Waals surface area (Å²) in [6, 6.07) is 16.3. The Kier molecular flexibility index (Phi) is 7.10. The van der Waals surface area contributed by atoms with Crippen LogP contribution in [0.1, 0.15) is 50.2 Å². The van der Waals surface area contributed by atoms with Crippen LogP contribution >= 0.6 is 12.2 Å². The van der Waals surface area contributed by atoms with E-state index < -0.39 is 0 Å². The number of anilines is 1. The molecule has 2 aromatic carbocycles. The maximum absolute atomic E-state index is 12.9. The number of nitrogens with zero attached hydrogens (tertiary/aromatic N) is 1. The van der Waals surface area contributed by atoms with Crippen molar-refractivity contribution in [3.63, 3.8) is 0 Å². The number of hydrogen-bond acceptors (Lipinski definition) is 3. The lowest BCUT2D eigenvalue weighted by Gasteiger charge is -2.36. The van der Waals surface area contributed by atoms with E-state index in [0.717, 1.165) is 46.3 Å². The second-order valence-corrected chi connectivity index (χ2v) is 8.91. The third-order valence-corrected chi connectivity index (χ3v) is 6.45. The molecule has 3 aromatic rings. The molecule has 0 amide bonds. The van der Waals surface area contributed by atoms with Crippen LogP contribution in [0.15, 0.2) is 53.3 Å². The normalized spacial score (nSPS) is 14.3. The highest BCUT2D eigenvalue weighted by molar-refractivity contribution is 7.80. The summed E-state index contributed by atoms with van der Waals surface area (Å²) in [6.45, 7) is 5.13. The van der Waals surface area contributed by atoms with Crippen molar-refractivity contribution in [2.24, 2.45) is 0 Å². The number of pyridine rings is 1. The maximum Gasteiger partial charge on any atom is 0.253 e. The van der Waals surface area contributed by atoms with Crippen molar-refractivity contribution in [1.29, 1.82) is 0 Å². The van der Waals surface area contributed by atoms with Gasteiger partial charge in [0.1, 0.15) is 5.75 Å². The summed E-state index contributed by atoms with van der Waals surface area (Å²) in [7, 11) is 0. The lowest BCUT2D eigenvalue weighted by Crippen LogP contribution is -2.44. The number of ether oxygens (including phenoxy) is 1. The smallest absolute Gasteiger partial charge is 0.253 e. The number of aryl methyl sites for hydroxylation is 1. The van der Waals surface area contributed by atoms with Crippen LogP contribution < -0.4 is 15.6 Å². The number of hydrogen-bond donors (Lipinski definition) is 2. The predicted octanol–water partition coefficient (Wildman–Crippen LogP) is 5.77. The van der Waals surface area contributed by atoms with Gasteiger partial charge in [-0.2, -0.15) is 0 Å². The zero-order chi connectivity index (χ0) is 22.5.